The van der Waals surface area contributed by atoms with Gasteiger partial charge in [-0.2, -0.15) is 0 Å². The Kier molecular flexibility index (Phi) is 3.95. The number of carbonyl (C=O) groups is 1. The Labute approximate surface area is 91.3 Å². The summed E-state index contributed by atoms with van der Waals surface area (Å²) in [6.07, 6.45) is -0.125. The van der Waals surface area contributed by atoms with Gasteiger partial charge in [-0.1, -0.05) is 22.0 Å². The van der Waals surface area contributed by atoms with Crippen molar-refractivity contribution < 1.29 is 9.90 Å². The molecule has 0 fully saturated rings. The van der Waals surface area contributed by atoms with Crippen LogP contribution in [0.5, 0.6) is 0 Å². The Morgan fingerprint density at radius 1 is 1.57 bits per heavy atom. The van der Waals surface area contributed by atoms with Crippen LogP contribution in [0.25, 0.3) is 0 Å². The molecule has 0 aromatic heterocycles. The summed E-state index contributed by atoms with van der Waals surface area (Å²) in [5.41, 5.74) is 2.97. The van der Waals surface area contributed by atoms with Crippen molar-refractivity contribution in [3.63, 3.8) is 0 Å². The van der Waals surface area contributed by atoms with Crippen LogP contribution in [0.4, 0.5) is 10.5 Å². The quantitative estimate of drug-likeness (QED) is 0.818. The molecule has 0 saturated carbocycles. The average Bonchev–Trinajstić information content (AvgIpc) is 2.10. The Balaban J connectivity index is 2.88. The van der Waals surface area contributed by atoms with Crippen molar-refractivity contribution in [1.29, 1.82) is 0 Å². The number of anilines is 1. The van der Waals surface area contributed by atoms with Crippen molar-refractivity contribution in [3.05, 3.63) is 29.3 Å². The summed E-state index contributed by atoms with van der Waals surface area (Å²) in [7, 11) is 0. The molecule has 0 unspecified atom stereocenters. The largest absolute Gasteiger partial charge is 0.465 e. The lowest BCUT2D eigenvalue weighted by atomic mass is 10.1. The lowest BCUT2D eigenvalue weighted by Gasteiger charge is -2.07. The van der Waals surface area contributed by atoms with Gasteiger partial charge >= 0.3 is 6.09 Å². The summed E-state index contributed by atoms with van der Waals surface area (Å²) >= 11 is 3.36. The third-order valence-electron chi connectivity index (χ3n) is 1.96. The van der Waals surface area contributed by atoms with E-state index in [4.69, 9.17) is 5.11 Å². The molecule has 0 bridgehead atoms. The molecule has 14 heavy (non-hydrogen) atoms. The summed E-state index contributed by atoms with van der Waals surface area (Å²) < 4.78 is 0. The van der Waals surface area contributed by atoms with Crippen molar-refractivity contribution in [1.82, 2.24) is 0 Å². The van der Waals surface area contributed by atoms with E-state index >= 15 is 0 Å². The Hall–Kier alpha value is -1.03. The number of carboxylic acid groups (broad SMARTS) is 1. The van der Waals surface area contributed by atoms with E-state index in [2.05, 4.69) is 21.2 Å². The zero-order valence-electron chi connectivity index (χ0n) is 7.88. The molecular formula is C10H12BrNO2. The molecule has 0 radical (unpaired) electrons. The van der Waals surface area contributed by atoms with Crippen LogP contribution < -0.4 is 5.32 Å². The van der Waals surface area contributed by atoms with Crippen molar-refractivity contribution in [3.8, 4) is 0 Å². The molecule has 0 heterocycles. The van der Waals surface area contributed by atoms with E-state index in [9.17, 15) is 4.79 Å². The fourth-order valence-electron chi connectivity index (χ4n) is 1.24. The number of aryl methyl sites for hydroxylation is 2. The van der Waals surface area contributed by atoms with Crippen molar-refractivity contribution >= 4 is 27.7 Å². The first kappa shape index (κ1) is 11.0. The third-order valence-corrected chi connectivity index (χ3v) is 2.36. The van der Waals surface area contributed by atoms with Gasteiger partial charge in [-0.25, -0.2) is 4.79 Å². The number of halogens is 1. The van der Waals surface area contributed by atoms with E-state index in [0.717, 1.165) is 17.3 Å². The molecular weight excluding hydrogens is 246 g/mol. The van der Waals surface area contributed by atoms with Crippen LogP contribution in [0.3, 0.4) is 0 Å². The second kappa shape index (κ2) is 5.00. The molecule has 0 saturated heterocycles. The summed E-state index contributed by atoms with van der Waals surface area (Å²) in [5.74, 6) is 0. The van der Waals surface area contributed by atoms with Gasteiger partial charge in [0.05, 0.1) is 0 Å². The van der Waals surface area contributed by atoms with Gasteiger partial charge in [-0.15, -0.1) is 0 Å². The van der Waals surface area contributed by atoms with Crippen LogP contribution >= 0.6 is 15.9 Å². The second-order valence-corrected chi connectivity index (χ2v) is 3.80. The lowest BCUT2D eigenvalue weighted by molar-refractivity contribution is 0.210. The van der Waals surface area contributed by atoms with Crippen molar-refractivity contribution in [2.45, 2.75) is 13.3 Å². The highest BCUT2D eigenvalue weighted by atomic mass is 79.9. The molecule has 4 heteroatoms. The van der Waals surface area contributed by atoms with E-state index < -0.39 is 6.09 Å². The predicted molar refractivity (Wildman–Crippen MR) is 60.3 cm³/mol. The van der Waals surface area contributed by atoms with E-state index in [0.29, 0.717) is 5.69 Å². The monoisotopic (exact) mass is 257 g/mol. The van der Waals surface area contributed by atoms with E-state index in [1.54, 1.807) is 6.07 Å². The van der Waals surface area contributed by atoms with Crippen LogP contribution in [0.2, 0.25) is 0 Å². The number of hydrogen-bond acceptors (Lipinski definition) is 1. The molecule has 0 aliphatic heterocycles. The molecule has 0 spiro atoms. The maximum absolute atomic E-state index is 10.4. The maximum Gasteiger partial charge on any atom is 0.409 e. The molecule has 0 atom stereocenters. The molecule has 76 valence electrons. The highest BCUT2D eigenvalue weighted by Crippen LogP contribution is 2.16. The number of benzene rings is 1. The average molecular weight is 258 g/mol. The standard InChI is InChI=1S/C10H12BrNO2/c1-7-2-3-9(12-10(13)14)6-8(7)4-5-11/h2-3,6,12H,4-5H2,1H3,(H,13,14). The minimum absolute atomic E-state index is 0.624. The summed E-state index contributed by atoms with van der Waals surface area (Å²) in [6, 6.07) is 5.55. The van der Waals surface area contributed by atoms with Gasteiger partial charge in [-0.05, 0) is 36.6 Å². The summed E-state index contributed by atoms with van der Waals surface area (Å²) in [4.78, 5) is 10.4. The van der Waals surface area contributed by atoms with Crippen LogP contribution in [0, 0.1) is 6.92 Å². The second-order valence-electron chi connectivity index (χ2n) is 3.01. The topological polar surface area (TPSA) is 49.3 Å². The Bertz CT molecular complexity index is 339. The molecule has 1 amide bonds. The molecule has 1 aromatic rings. The Morgan fingerprint density at radius 2 is 2.29 bits per heavy atom. The van der Waals surface area contributed by atoms with Crippen molar-refractivity contribution in [2.24, 2.45) is 0 Å². The Morgan fingerprint density at radius 3 is 2.86 bits per heavy atom. The summed E-state index contributed by atoms with van der Waals surface area (Å²) in [6.45, 7) is 2.02. The van der Waals surface area contributed by atoms with Gasteiger partial charge in [0.1, 0.15) is 0 Å². The van der Waals surface area contributed by atoms with E-state index in [1.165, 1.54) is 5.56 Å². The first-order valence-electron chi connectivity index (χ1n) is 4.29. The molecule has 1 aromatic carbocycles. The SMILES string of the molecule is Cc1ccc(NC(=O)O)cc1CCBr. The fourth-order valence-corrected chi connectivity index (χ4v) is 1.67. The van der Waals surface area contributed by atoms with Crippen molar-refractivity contribution in [2.75, 3.05) is 10.6 Å². The first-order valence-corrected chi connectivity index (χ1v) is 5.41. The molecule has 0 aliphatic rings. The lowest BCUT2D eigenvalue weighted by Crippen LogP contribution is -2.07. The highest BCUT2D eigenvalue weighted by molar-refractivity contribution is 9.09. The van der Waals surface area contributed by atoms with Crippen LogP contribution in [-0.4, -0.2) is 16.5 Å². The minimum Gasteiger partial charge on any atom is -0.465 e. The zero-order chi connectivity index (χ0) is 10.6. The van der Waals surface area contributed by atoms with Crippen LogP contribution in [-0.2, 0) is 6.42 Å². The third kappa shape index (κ3) is 3.03. The zero-order valence-corrected chi connectivity index (χ0v) is 9.47. The summed E-state index contributed by atoms with van der Waals surface area (Å²) in [5, 5.41) is 11.7. The maximum atomic E-state index is 10.4. The van der Waals surface area contributed by atoms with E-state index in [1.807, 2.05) is 19.1 Å². The number of hydrogen-bond donors (Lipinski definition) is 2. The van der Waals surface area contributed by atoms with Crippen LogP contribution in [0.15, 0.2) is 18.2 Å². The minimum atomic E-state index is -1.03. The smallest absolute Gasteiger partial charge is 0.409 e. The molecule has 3 nitrogen and oxygen atoms in total. The predicted octanol–water partition coefficient (Wildman–Crippen LogP) is 3.02. The number of alkyl halides is 1. The van der Waals surface area contributed by atoms with Gasteiger partial charge in [0.2, 0.25) is 0 Å². The van der Waals surface area contributed by atoms with Gasteiger partial charge in [0, 0.05) is 11.0 Å². The number of amides is 1. The molecule has 1 rings (SSSR count). The highest BCUT2D eigenvalue weighted by Gasteiger charge is 2.02. The number of rotatable bonds is 3. The van der Waals surface area contributed by atoms with Gasteiger partial charge in [0.15, 0.2) is 0 Å². The van der Waals surface area contributed by atoms with Gasteiger partial charge < -0.3 is 5.11 Å². The molecule has 0 aliphatic carbocycles. The van der Waals surface area contributed by atoms with Gasteiger partial charge in [0.25, 0.3) is 0 Å². The number of nitrogens with one attached hydrogen (secondary N) is 1. The van der Waals surface area contributed by atoms with Gasteiger partial charge in [-0.3, -0.25) is 5.32 Å². The normalized spacial score (nSPS) is 9.86. The van der Waals surface area contributed by atoms with Crippen LogP contribution in [0.1, 0.15) is 11.1 Å². The van der Waals surface area contributed by atoms with E-state index in [-0.39, 0.29) is 0 Å². The fraction of sp³-hybridized carbons (Fsp3) is 0.300. The molecule has 2 N–H and O–H groups in total. The first-order chi connectivity index (χ1) is 6.63.